The number of ether oxygens (including phenoxy) is 1. The molecular formula is C22H15ClF2N2O. The number of para-hydroxylation sites is 1. The van der Waals surface area contributed by atoms with Crippen LogP contribution in [0.15, 0.2) is 71.8 Å². The van der Waals surface area contributed by atoms with Gasteiger partial charge in [0, 0.05) is 22.6 Å². The number of hydrogen-bond acceptors (Lipinski definition) is 3. The van der Waals surface area contributed by atoms with Gasteiger partial charge in [-0.3, -0.25) is 0 Å². The molecule has 0 aromatic heterocycles. The van der Waals surface area contributed by atoms with E-state index in [1.807, 2.05) is 29.3 Å². The molecule has 0 saturated carbocycles. The fourth-order valence-electron chi connectivity index (χ4n) is 3.76. The molecule has 140 valence electrons. The van der Waals surface area contributed by atoms with E-state index in [0.717, 1.165) is 22.6 Å². The van der Waals surface area contributed by atoms with Gasteiger partial charge in [0.05, 0.1) is 11.8 Å². The van der Waals surface area contributed by atoms with E-state index in [9.17, 15) is 8.78 Å². The van der Waals surface area contributed by atoms with Crippen molar-refractivity contribution in [1.82, 2.24) is 5.01 Å². The molecule has 3 aromatic rings. The van der Waals surface area contributed by atoms with Gasteiger partial charge in [0.25, 0.3) is 0 Å². The lowest BCUT2D eigenvalue weighted by Crippen LogP contribution is -2.33. The molecule has 5 rings (SSSR count). The first-order valence-corrected chi connectivity index (χ1v) is 9.30. The van der Waals surface area contributed by atoms with Crippen molar-refractivity contribution in [3.8, 4) is 5.75 Å². The summed E-state index contributed by atoms with van der Waals surface area (Å²) >= 11 is 6.35. The number of fused-ring (bicyclic) bond motifs is 3. The zero-order valence-corrected chi connectivity index (χ0v) is 15.4. The molecular weight excluding hydrogens is 382 g/mol. The second-order valence-corrected chi connectivity index (χ2v) is 7.23. The van der Waals surface area contributed by atoms with Crippen LogP contribution in [0.3, 0.4) is 0 Å². The maximum Gasteiger partial charge on any atom is 0.215 e. The third-order valence-electron chi connectivity index (χ3n) is 5.10. The van der Waals surface area contributed by atoms with Crippen molar-refractivity contribution in [3.05, 3.63) is 100 Å². The highest BCUT2D eigenvalue weighted by Gasteiger charge is 2.41. The summed E-state index contributed by atoms with van der Waals surface area (Å²) in [5.41, 5.74) is 3.19. The SMILES string of the molecule is Fc1ccc(C2=NN3[C@@H](C2)c2ccccc2O[C@H]3c2cc(F)ccc2Cl)cc1. The average Bonchev–Trinajstić information content (AvgIpc) is 3.15. The zero-order chi connectivity index (χ0) is 19.3. The van der Waals surface area contributed by atoms with Crippen molar-refractivity contribution >= 4 is 17.3 Å². The molecule has 2 heterocycles. The lowest BCUT2D eigenvalue weighted by Gasteiger charge is -2.38. The van der Waals surface area contributed by atoms with Crippen molar-refractivity contribution in [3.63, 3.8) is 0 Å². The monoisotopic (exact) mass is 396 g/mol. The van der Waals surface area contributed by atoms with Gasteiger partial charge in [-0.1, -0.05) is 41.9 Å². The molecule has 3 aromatic carbocycles. The van der Waals surface area contributed by atoms with Gasteiger partial charge in [-0.2, -0.15) is 5.10 Å². The molecule has 28 heavy (non-hydrogen) atoms. The predicted molar refractivity (Wildman–Crippen MR) is 103 cm³/mol. The number of hydrazone groups is 1. The molecule has 2 atom stereocenters. The van der Waals surface area contributed by atoms with Crippen LogP contribution < -0.4 is 4.74 Å². The first-order valence-electron chi connectivity index (χ1n) is 8.92. The second-order valence-electron chi connectivity index (χ2n) is 6.83. The standard InChI is InChI=1S/C22H15ClF2N2O/c23-18-10-9-15(25)11-17(18)22-27-20(16-3-1-2-4-21(16)28-22)12-19(26-27)13-5-7-14(24)8-6-13/h1-11,20,22H,12H2/t20-,22-/m0/s1. The maximum atomic E-state index is 13.9. The van der Waals surface area contributed by atoms with Crippen molar-refractivity contribution in [1.29, 1.82) is 0 Å². The molecule has 0 spiro atoms. The molecule has 0 fully saturated rings. The minimum Gasteiger partial charge on any atom is -0.464 e. The normalized spacial score (nSPS) is 20.2. The summed E-state index contributed by atoms with van der Waals surface area (Å²) in [5.74, 6) is 0.0446. The van der Waals surface area contributed by atoms with Crippen LogP contribution in [0.2, 0.25) is 5.02 Å². The van der Waals surface area contributed by atoms with Gasteiger partial charge < -0.3 is 4.74 Å². The Morgan fingerprint density at radius 2 is 1.68 bits per heavy atom. The van der Waals surface area contributed by atoms with Gasteiger partial charge in [0.1, 0.15) is 17.4 Å². The topological polar surface area (TPSA) is 24.8 Å². The summed E-state index contributed by atoms with van der Waals surface area (Å²) < 4.78 is 33.4. The Bertz CT molecular complexity index is 1080. The highest BCUT2D eigenvalue weighted by atomic mass is 35.5. The van der Waals surface area contributed by atoms with Gasteiger partial charge in [-0.15, -0.1) is 0 Å². The molecule has 0 radical (unpaired) electrons. The largest absolute Gasteiger partial charge is 0.464 e. The van der Waals surface area contributed by atoms with Crippen LogP contribution in [0.5, 0.6) is 5.75 Å². The van der Waals surface area contributed by atoms with Crippen molar-refractivity contribution in [2.24, 2.45) is 5.10 Å². The van der Waals surface area contributed by atoms with Crippen molar-refractivity contribution in [2.75, 3.05) is 0 Å². The first-order chi connectivity index (χ1) is 13.6. The predicted octanol–water partition coefficient (Wildman–Crippen LogP) is 5.86. The molecule has 2 aliphatic rings. The van der Waals surface area contributed by atoms with E-state index in [-0.39, 0.29) is 17.7 Å². The molecule has 0 saturated heterocycles. The third kappa shape index (κ3) is 2.83. The minimum atomic E-state index is -0.652. The van der Waals surface area contributed by atoms with E-state index < -0.39 is 6.23 Å². The van der Waals surface area contributed by atoms with E-state index in [4.69, 9.17) is 21.4 Å². The van der Waals surface area contributed by atoms with E-state index >= 15 is 0 Å². The van der Waals surface area contributed by atoms with Crippen LogP contribution in [0.4, 0.5) is 8.78 Å². The van der Waals surface area contributed by atoms with Gasteiger partial charge >= 0.3 is 0 Å². The van der Waals surface area contributed by atoms with Crippen LogP contribution in [0, 0.1) is 11.6 Å². The van der Waals surface area contributed by atoms with Crippen molar-refractivity contribution in [2.45, 2.75) is 18.7 Å². The van der Waals surface area contributed by atoms with E-state index in [1.54, 1.807) is 12.1 Å². The van der Waals surface area contributed by atoms with Gasteiger partial charge in [0.2, 0.25) is 6.23 Å². The molecule has 0 amide bonds. The summed E-state index contributed by atoms with van der Waals surface area (Å²) in [5, 5.41) is 6.99. The van der Waals surface area contributed by atoms with Gasteiger partial charge in [0.15, 0.2) is 0 Å². The molecule has 0 bridgehead atoms. The van der Waals surface area contributed by atoms with Crippen LogP contribution >= 0.6 is 11.6 Å². The molecule has 0 unspecified atom stereocenters. The third-order valence-corrected chi connectivity index (χ3v) is 5.44. The Balaban J connectivity index is 1.62. The summed E-state index contributed by atoms with van der Waals surface area (Å²) in [6, 6.07) is 18.1. The number of benzene rings is 3. The number of hydrogen-bond donors (Lipinski definition) is 0. The summed E-state index contributed by atoms with van der Waals surface area (Å²) in [6.07, 6.45) is -0.0174. The fourth-order valence-corrected chi connectivity index (χ4v) is 3.97. The van der Waals surface area contributed by atoms with Crippen LogP contribution in [-0.2, 0) is 0 Å². The number of rotatable bonds is 2. The summed E-state index contributed by atoms with van der Waals surface area (Å²) in [6.45, 7) is 0. The Kier molecular flexibility index (Phi) is 4.05. The van der Waals surface area contributed by atoms with Crippen LogP contribution in [0.25, 0.3) is 0 Å². The Labute approximate surface area is 165 Å². The molecule has 6 heteroatoms. The average molecular weight is 397 g/mol. The summed E-state index contributed by atoms with van der Waals surface area (Å²) in [7, 11) is 0. The molecule has 3 nitrogen and oxygen atoms in total. The van der Waals surface area contributed by atoms with Gasteiger partial charge in [-0.25, -0.2) is 13.8 Å². The minimum absolute atomic E-state index is 0.0747. The van der Waals surface area contributed by atoms with Crippen molar-refractivity contribution < 1.29 is 13.5 Å². The highest BCUT2D eigenvalue weighted by Crippen LogP contribution is 2.48. The quantitative estimate of drug-likeness (QED) is 0.542. The lowest BCUT2D eigenvalue weighted by atomic mass is 9.96. The Morgan fingerprint density at radius 3 is 2.50 bits per heavy atom. The maximum absolute atomic E-state index is 13.9. The number of nitrogens with zero attached hydrogens (tertiary/aromatic N) is 2. The smallest absolute Gasteiger partial charge is 0.215 e. The fraction of sp³-hybridized carbons (Fsp3) is 0.136. The Hall–Kier alpha value is -2.92. The first kappa shape index (κ1) is 17.2. The van der Waals surface area contributed by atoms with Crippen LogP contribution in [0.1, 0.15) is 35.4 Å². The lowest BCUT2D eigenvalue weighted by molar-refractivity contribution is -0.0191. The second kappa shape index (κ2) is 6.60. The van der Waals surface area contributed by atoms with Crippen LogP contribution in [-0.4, -0.2) is 10.7 Å². The van der Waals surface area contributed by atoms with Gasteiger partial charge in [-0.05, 0) is 42.0 Å². The molecule has 0 aliphatic carbocycles. The summed E-state index contributed by atoms with van der Waals surface area (Å²) in [4.78, 5) is 0. The van der Waals surface area contributed by atoms with E-state index in [0.29, 0.717) is 17.0 Å². The zero-order valence-electron chi connectivity index (χ0n) is 14.6. The van der Waals surface area contributed by atoms with E-state index in [2.05, 4.69) is 0 Å². The van der Waals surface area contributed by atoms with E-state index in [1.165, 1.54) is 30.3 Å². The number of halogens is 3. The highest BCUT2D eigenvalue weighted by molar-refractivity contribution is 6.31. The Morgan fingerprint density at radius 1 is 0.929 bits per heavy atom. The molecule has 0 N–H and O–H groups in total. The molecule has 2 aliphatic heterocycles.